The number of primary amides is 1. The molecule has 4 rings (SSSR count). The molecule has 1 aliphatic rings. The second-order valence-electron chi connectivity index (χ2n) is 5.63. The maximum absolute atomic E-state index is 12.8. The smallest absolute Gasteiger partial charge is 0.263 e. The van der Waals surface area contributed by atoms with Crippen molar-refractivity contribution in [2.45, 2.75) is 30.8 Å². The number of carbonyl (C=O) groups is 1. The molecule has 0 aromatic carbocycles. The van der Waals surface area contributed by atoms with Crippen LogP contribution in [0, 0.1) is 0 Å². The Balaban J connectivity index is 2.05. The van der Waals surface area contributed by atoms with Gasteiger partial charge in [-0.15, -0.1) is 21.5 Å². The number of hydrogen-bond donors (Lipinski definition) is 1. The van der Waals surface area contributed by atoms with Gasteiger partial charge in [0.1, 0.15) is 4.83 Å². The summed E-state index contributed by atoms with van der Waals surface area (Å²) in [5.74, 6) is 0.224. The zero-order chi connectivity index (χ0) is 16.1. The average molecular weight is 349 g/mol. The van der Waals surface area contributed by atoms with Gasteiger partial charge in [0.2, 0.25) is 11.7 Å². The van der Waals surface area contributed by atoms with Crippen LogP contribution in [-0.2, 0) is 24.7 Å². The van der Waals surface area contributed by atoms with Crippen molar-refractivity contribution in [3.8, 4) is 0 Å². The highest BCUT2D eigenvalue weighted by molar-refractivity contribution is 7.99. The monoisotopic (exact) mass is 349 g/mol. The molecular weight excluding hydrogens is 334 g/mol. The summed E-state index contributed by atoms with van der Waals surface area (Å²) < 4.78 is 3.42. The minimum absolute atomic E-state index is 0.0225. The van der Waals surface area contributed by atoms with Gasteiger partial charge in [0.25, 0.3) is 5.56 Å². The lowest BCUT2D eigenvalue weighted by molar-refractivity contribution is -0.115. The number of nitrogens with two attached hydrogens (primary N) is 1. The van der Waals surface area contributed by atoms with Crippen molar-refractivity contribution in [1.29, 1.82) is 0 Å². The van der Waals surface area contributed by atoms with Crippen LogP contribution in [0.25, 0.3) is 16.0 Å². The fourth-order valence-electron chi connectivity index (χ4n) is 3.07. The summed E-state index contributed by atoms with van der Waals surface area (Å²) in [6.45, 7) is 0. The van der Waals surface area contributed by atoms with E-state index in [9.17, 15) is 9.59 Å². The first-order chi connectivity index (χ1) is 11.1. The largest absolute Gasteiger partial charge is 0.369 e. The summed E-state index contributed by atoms with van der Waals surface area (Å²) in [5, 5.41) is 9.64. The average Bonchev–Trinajstić information content (AvgIpc) is 3.11. The van der Waals surface area contributed by atoms with E-state index in [1.54, 1.807) is 18.4 Å². The molecule has 0 spiro atoms. The molecule has 0 radical (unpaired) electrons. The van der Waals surface area contributed by atoms with Gasteiger partial charge in [0.05, 0.1) is 11.1 Å². The van der Waals surface area contributed by atoms with E-state index < -0.39 is 5.91 Å². The molecule has 120 valence electrons. The molecule has 0 unspecified atom stereocenters. The van der Waals surface area contributed by atoms with Crippen LogP contribution < -0.4 is 11.3 Å². The number of thiophene rings is 1. The van der Waals surface area contributed by atoms with Gasteiger partial charge in [-0.25, -0.2) is 4.40 Å². The van der Waals surface area contributed by atoms with E-state index in [0.29, 0.717) is 10.9 Å². The molecule has 23 heavy (non-hydrogen) atoms. The highest BCUT2D eigenvalue weighted by Crippen LogP contribution is 2.36. The van der Waals surface area contributed by atoms with Gasteiger partial charge in [-0.2, -0.15) is 0 Å². The van der Waals surface area contributed by atoms with Gasteiger partial charge >= 0.3 is 0 Å². The highest BCUT2D eigenvalue weighted by atomic mass is 32.2. The number of hydrogen-bond acceptors (Lipinski definition) is 6. The number of fused-ring (bicyclic) bond motifs is 5. The third-order valence-corrected chi connectivity index (χ3v) is 6.36. The molecular formula is C14H15N5O2S2. The summed E-state index contributed by atoms with van der Waals surface area (Å²) in [7, 11) is 1.71. The van der Waals surface area contributed by atoms with Crippen molar-refractivity contribution in [1.82, 2.24) is 19.2 Å². The first-order valence-corrected chi connectivity index (χ1v) is 9.17. The van der Waals surface area contributed by atoms with E-state index in [1.165, 1.54) is 26.8 Å². The predicted molar refractivity (Wildman–Crippen MR) is 90.2 cm³/mol. The molecule has 0 saturated carbocycles. The summed E-state index contributed by atoms with van der Waals surface area (Å²) in [6.07, 6.45) is 4.24. The Kier molecular flexibility index (Phi) is 3.42. The Morgan fingerprint density at radius 1 is 1.35 bits per heavy atom. The molecule has 1 amide bonds. The summed E-state index contributed by atoms with van der Waals surface area (Å²) in [5.41, 5.74) is 6.39. The van der Waals surface area contributed by atoms with Crippen molar-refractivity contribution < 1.29 is 4.79 Å². The number of amides is 1. The second-order valence-corrected chi connectivity index (χ2v) is 7.65. The van der Waals surface area contributed by atoms with Gasteiger partial charge in [0.15, 0.2) is 5.16 Å². The van der Waals surface area contributed by atoms with Gasteiger partial charge < -0.3 is 5.73 Å². The van der Waals surface area contributed by atoms with Gasteiger partial charge in [-0.05, 0) is 31.2 Å². The maximum Gasteiger partial charge on any atom is 0.263 e. The lowest BCUT2D eigenvalue weighted by atomic mass is 9.97. The van der Waals surface area contributed by atoms with E-state index >= 15 is 0 Å². The summed E-state index contributed by atoms with van der Waals surface area (Å²) >= 11 is 2.89. The standard InChI is InChI=1S/C14H15N5O2S2/c1-18-11(21)10-7-4-2-3-5-8(7)23-12(10)19-13(18)16-17-14(19)22-6-9(15)20/h2-6H2,1H3,(H2,15,20). The predicted octanol–water partition coefficient (Wildman–Crippen LogP) is 1.10. The van der Waals surface area contributed by atoms with Crippen LogP contribution in [0.2, 0.25) is 0 Å². The molecule has 2 N–H and O–H groups in total. The molecule has 0 atom stereocenters. The van der Waals surface area contributed by atoms with Crippen LogP contribution >= 0.6 is 23.1 Å². The first-order valence-electron chi connectivity index (χ1n) is 7.37. The Hall–Kier alpha value is -1.87. The zero-order valence-corrected chi connectivity index (χ0v) is 14.2. The van der Waals surface area contributed by atoms with Crippen molar-refractivity contribution in [3.05, 3.63) is 20.8 Å². The molecule has 3 aromatic rings. The SMILES string of the molecule is Cn1c(=O)c2c3c(sc2n2c(SCC(N)=O)nnc12)CCCC3. The van der Waals surface area contributed by atoms with Crippen LogP contribution in [0.3, 0.4) is 0 Å². The zero-order valence-electron chi connectivity index (χ0n) is 12.5. The topological polar surface area (TPSA) is 95.3 Å². The molecule has 0 bridgehead atoms. The minimum Gasteiger partial charge on any atom is -0.369 e. The molecule has 7 nitrogen and oxygen atoms in total. The molecule has 9 heteroatoms. The molecule has 0 saturated heterocycles. The molecule has 1 aliphatic carbocycles. The van der Waals surface area contributed by atoms with E-state index in [4.69, 9.17) is 5.73 Å². The maximum atomic E-state index is 12.8. The normalized spacial score (nSPS) is 14.5. The number of aryl methyl sites for hydroxylation is 3. The highest BCUT2D eigenvalue weighted by Gasteiger charge is 2.23. The Morgan fingerprint density at radius 2 is 2.13 bits per heavy atom. The molecule has 3 heterocycles. The van der Waals surface area contributed by atoms with Crippen LogP contribution in [-0.4, -0.2) is 30.8 Å². The Bertz CT molecular complexity index is 1000. The van der Waals surface area contributed by atoms with Crippen molar-refractivity contribution in [2.24, 2.45) is 12.8 Å². The summed E-state index contributed by atoms with van der Waals surface area (Å²) in [4.78, 5) is 26.0. The van der Waals surface area contributed by atoms with E-state index in [-0.39, 0.29) is 11.3 Å². The van der Waals surface area contributed by atoms with Crippen molar-refractivity contribution in [2.75, 3.05) is 5.75 Å². The van der Waals surface area contributed by atoms with Gasteiger partial charge in [0, 0.05) is 11.9 Å². The fraction of sp³-hybridized carbons (Fsp3) is 0.429. The number of aromatic nitrogens is 4. The number of carbonyl (C=O) groups excluding carboxylic acids is 1. The Labute approximate surface area is 139 Å². The van der Waals surface area contributed by atoms with E-state index in [0.717, 1.165) is 35.9 Å². The van der Waals surface area contributed by atoms with E-state index in [2.05, 4.69) is 10.2 Å². The third kappa shape index (κ3) is 2.18. The second kappa shape index (κ2) is 5.34. The minimum atomic E-state index is -0.404. The van der Waals surface area contributed by atoms with E-state index in [1.807, 2.05) is 4.40 Å². The third-order valence-electron chi connectivity index (χ3n) is 4.13. The van der Waals surface area contributed by atoms with Crippen LogP contribution in [0.15, 0.2) is 9.95 Å². The summed E-state index contributed by atoms with van der Waals surface area (Å²) in [6, 6.07) is 0. The molecule has 3 aromatic heterocycles. The number of thioether (sulfide) groups is 1. The van der Waals surface area contributed by atoms with Crippen molar-refractivity contribution >= 4 is 45.0 Å². The fourth-order valence-corrected chi connectivity index (χ4v) is 5.18. The lowest BCUT2D eigenvalue weighted by Gasteiger charge is -2.10. The lowest BCUT2D eigenvalue weighted by Crippen LogP contribution is -2.20. The number of rotatable bonds is 3. The van der Waals surface area contributed by atoms with Crippen molar-refractivity contribution in [3.63, 3.8) is 0 Å². The van der Waals surface area contributed by atoms with Gasteiger partial charge in [-0.3, -0.25) is 14.2 Å². The number of nitrogens with zero attached hydrogens (tertiary/aromatic N) is 4. The van der Waals surface area contributed by atoms with Crippen LogP contribution in [0.1, 0.15) is 23.3 Å². The van der Waals surface area contributed by atoms with Crippen LogP contribution in [0.5, 0.6) is 0 Å². The quantitative estimate of drug-likeness (QED) is 0.715. The molecule has 0 fully saturated rings. The van der Waals surface area contributed by atoms with Crippen LogP contribution in [0.4, 0.5) is 0 Å². The molecule has 0 aliphatic heterocycles. The van der Waals surface area contributed by atoms with Gasteiger partial charge in [-0.1, -0.05) is 11.8 Å². The first kappa shape index (κ1) is 14.7. The Morgan fingerprint density at radius 3 is 2.91 bits per heavy atom.